The second-order valence-corrected chi connectivity index (χ2v) is 6.05. The molecule has 1 aliphatic rings. The van der Waals surface area contributed by atoms with Crippen LogP contribution in [0.15, 0.2) is 48.5 Å². The molecule has 1 heterocycles. The van der Waals surface area contributed by atoms with Crippen molar-refractivity contribution in [1.82, 2.24) is 4.90 Å². The Bertz CT molecular complexity index is 695. The van der Waals surface area contributed by atoms with E-state index >= 15 is 0 Å². The minimum absolute atomic E-state index is 0.0455. The summed E-state index contributed by atoms with van der Waals surface area (Å²) in [6, 6.07) is 15.2. The van der Waals surface area contributed by atoms with Gasteiger partial charge < -0.3 is 14.2 Å². The molecule has 1 unspecified atom stereocenters. The molecule has 132 valence electrons. The Morgan fingerprint density at radius 3 is 2.44 bits per heavy atom. The van der Waals surface area contributed by atoms with Crippen molar-refractivity contribution in [2.24, 2.45) is 0 Å². The largest absolute Gasteiger partial charge is 0.497 e. The van der Waals surface area contributed by atoms with Gasteiger partial charge in [-0.1, -0.05) is 30.3 Å². The van der Waals surface area contributed by atoms with E-state index in [0.717, 1.165) is 29.2 Å². The lowest BCUT2D eigenvalue weighted by Crippen LogP contribution is -2.23. The van der Waals surface area contributed by atoms with Crippen molar-refractivity contribution in [3.63, 3.8) is 0 Å². The Kier molecular flexibility index (Phi) is 5.68. The van der Waals surface area contributed by atoms with Gasteiger partial charge in [-0.3, -0.25) is 9.69 Å². The summed E-state index contributed by atoms with van der Waals surface area (Å²) < 4.78 is 16.5. The standard InChI is InChI=1S/C20H23NO4/c1-23-17-10-16(11-18(12-17)24-2)20-13-21(14-25-20)9-8-19(22)15-6-4-3-5-7-15/h3-7,10-12,20H,8-9,13-14H2,1-2H3. The first-order valence-electron chi connectivity index (χ1n) is 8.35. The molecule has 0 radical (unpaired) electrons. The summed E-state index contributed by atoms with van der Waals surface area (Å²) in [6.07, 6.45) is 0.442. The minimum Gasteiger partial charge on any atom is -0.497 e. The lowest BCUT2D eigenvalue weighted by atomic mass is 10.1. The molecule has 5 heteroatoms. The predicted molar refractivity (Wildman–Crippen MR) is 95.2 cm³/mol. The van der Waals surface area contributed by atoms with Crippen molar-refractivity contribution in [2.45, 2.75) is 12.5 Å². The topological polar surface area (TPSA) is 48.0 Å². The molecule has 0 spiro atoms. The molecule has 25 heavy (non-hydrogen) atoms. The van der Waals surface area contributed by atoms with Crippen molar-refractivity contribution in [2.75, 3.05) is 34.0 Å². The SMILES string of the molecule is COc1cc(OC)cc(C2CN(CCC(=O)c3ccccc3)CO2)c1. The van der Waals surface area contributed by atoms with Crippen LogP contribution in [0.4, 0.5) is 0 Å². The molecule has 2 aromatic carbocycles. The van der Waals surface area contributed by atoms with Crippen LogP contribution in [0.1, 0.15) is 28.4 Å². The Morgan fingerprint density at radius 2 is 1.80 bits per heavy atom. The zero-order valence-electron chi connectivity index (χ0n) is 14.6. The molecule has 1 saturated heterocycles. The molecule has 0 bridgehead atoms. The van der Waals surface area contributed by atoms with E-state index in [-0.39, 0.29) is 11.9 Å². The molecule has 1 fully saturated rings. The quantitative estimate of drug-likeness (QED) is 0.723. The summed E-state index contributed by atoms with van der Waals surface area (Å²) >= 11 is 0. The maximum Gasteiger partial charge on any atom is 0.164 e. The van der Waals surface area contributed by atoms with Crippen LogP contribution in [0.5, 0.6) is 11.5 Å². The third-order valence-electron chi connectivity index (χ3n) is 4.38. The molecular weight excluding hydrogens is 318 g/mol. The van der Waals surface area contributed by atoms with Gasteiger partial charge in [0.15, 0.2) is 5.78 Å². The van der Waals surface area contributed by atoms with E-state index in [2.05, 4.69) is 4.90 Å². The lowest BCUT2D eigenvalue weighted by molar-refractivity contribution is 0.0850. The number of rotatable bonds is 7. The molecule has 2 aromatic rings. The molecule has 0 saturated carbocycles. The summed E-state index contributed by atoms with van der Waals surface area (Å²) in [4.78, 5) is 14.4. The average Bonchev–Trinajstić information content (AvgIpc) is 3.15. The summed E-state index contributed by atoms with van der Waals surface area (Å²) in [6.45, 7) is 1.95. The van der Waals surface area contributed by atoms with Gasteiger partial charge >= 0.3 is 0 Å². The molecule has 3 rings (SSSR count). The molecular formula is C20H23NO4. The van der Waals surface area contributed by atoms with E-state index in [1.807, 2.05) is 48.5 Å². The number of methoxy groups -OCH3 is 2. The van der Waals surface area contributed by atoms with Crippen LogP contribution in [0, 0.1) is 0 Å². The normalized spacial score (nSPS) is 17.4. The highest BCUT2D eigenvalue weighted by Gasteiger charge is 2.25. The Hall–Kier alpha value is -2.37. The third kappa shape index (κ3) is 4.38. The average molecular weight is 341 g/mol. The maximum atomic E-state index is 12.2. The van der Waals surface area contributed by atoms with Gasteiger partial charge in [-0.05, 0) is 17.7 Å². The third-order valence-corrected chi connectivity index (χ3v) is 4.38. The van der Waals surface area contributed by atoms with Crippen LogP contribution in [0.2, 0.25) is 0 Å². The van der Waals surface area contributed by atoms with Gasteiger partial charge in [0.1, 0.15) is 11.5 Å². The Morgan fingerprint density at radius 1 is 1.12 bits per heavy atom. The first kappa shape index (κ1) is 17.5. The molecule has 5 nitrogen and oxygen atoms in total. The number of hydrogen-bond donors (Lipinski definition) is 0. The van der Waals surface area contributed by atoms with Gasteiger partial charge in [0.2, 0.25) is 0 Å². The van der Waals surface area contributed by atoms with Crippen LogP contribution in [-0.4, -0.2) is 44.7 Å². The van der Waals surface area contributed by atoms with Crippen LogP contribution in [0.25, 0.3) is 0 Å². The van der Waals surface area contributed by atoms with Crippen molar-refractivity contribution in [3.8, 4) is 11.5 Å². The highest BCUT2D eigenvalue weighted by atomic mass is 16.5. The van der Waals surface area contributed by atoms with E-state index in [9.17, 15) is 4.79 Å². The molecule has 1 atom stereocenters. The first-order valence-corrected chi connectivity index (χ1v) is 8.35. The lowest BCUT2D eigenvalue weighted by Gasteiger charge is -2.14. The number of ketones is 1. The molecule has 0 aliphatic carbocycles. The Balaban J connectivity index is 1.58. The molecule has 1 aliphatic heterocycles. The summed E-state index contributed by atoms with van der Waals surface area (Å²) in [5.41, 5.74) is 1.78. The van der Waals surface area contributed by atoms with Crippen LogP contribution >= 0.6 is 0 Å². The maximum absolute atomic E-state index is 12.2. The number of benzene rings is 2. The van der Waals surface area contributed by atoms with E-state index in [1.165, 1.54) is 0 Å². The number of ether oxygens (including phenoxy) is 3. The van der Waals surface area contributed by atoms with Gasteiger partial charge in [0, 0.05) is 31.1 Å². The van der Waals surface area contributed by atoms with Crippen LogP contribution in [0.3, 0.4) is 0 Å². The second-order valence-electron chi connectivity index (χ2n) is 6.05. The van der Waals surface area contributed by atoms with Gasteiger partial charge in [-0.15, -0.1) is 0 Å². The van der Waals surface area contributed by atoms with E-state index in [4.69, 9.17) is 14.2 Å². The predicted octanol–water partition coefficient (Wildman–Crippen LogP) is 3.31. The number of carbonyl (C=O) groups excluding carboxylic acids is 1. The van der Waals surface area contributed by atoms with Gasteiger partial charge in [0.25, 0.3) is 0 Å². The summed E-state index contributed by atoms with van der Waals surface area (Å²) in [5, 5.41) is 0. The fourth-order valence-electron chi connectivity index (χ4n) is 2.94. The van der Waals surface area contributed by atoms with E-state index in [1.54, 1.807) is 14.2 Å². The fraction of sp³-hybridized carbons (Fsp3) is 0.350. The Labute approximate surface area is 148 Å². The van der Waals surface area contributed by atoms with Crippen molar-refractivity contribution in [1.29, 1.82) is 0 Å². The van der Waals surface area contributed by atoms with Gasteiger partial charge in [-0.25, -0.2) is 0 Å². The zero-order chi connectivity index (χ0) is 17.6. The van der Waals surface area contributed by atoms with Gasteiger partial charge in [0.05, 0.1) is 27.1 Å². The number of carbonyl (C=O) groups is 1. The van der Waals surface area contributed by atoms with Crippen molar-refractivity contribution in [3.05, 3.63) is 59.7 Å². The summed E-state index contributed by atoms with van der Waals surface area (Å²) in [7, 11) is 3.27. The first-order chi connectivity index (χ1) is 12.2. The van der Waals surface area contributed by atoms with Gasteiger partial charge in [-0.2, -0.15) is 0 Å². The monoisotopic (exact) mass is 341 g/mol. The zero-order valence-corrected chi connectivity index (χ0v) is 14.6. The number of hydrogen-bond acceptors (Lipinski definition) is 5. The molecule has 0 amide bonds. The highest BCUT2D eigenvalue weighted by Crippen LogP contribution is 2.31. The van der Waals surface area contributed by atoms with Crippen molar-refractivity contribution >= 4 is 5.78 Å². The summed E-state index contributed by atoms with van der Waals surface area (Å²) in [5.74, 6) is 1.65. The number of nitrogens with zero attached hydrogens (tertiary/aromatic N) is 1. The van der Waals surface area contributed by atoms with E-state index in [0.29, 0.717) is 19.7 Å². The number of Topliss-reactive ketones (excluding diaryl/α,β-unsaturated/α-hetero) is 1. The molecule has 0 aromatic heterocycles. The second kappa shape index (κ2) is 8.14. The van der Waals surface area contributed by atoms with Crippen LogP contribution < -0.4 is 9.47 Å². The van der Waals surface area contributed by atoms with Crippen molar-refractivity contribution < 1.29 is 19.0 Å². The smallest absolute Gasteiger partial charge is 0.164 e. The minimum atomic E-state index is -0.0455. The molecule has 0 N–H and O–H groups in total. The van der Waals surface area contributed by atoms with E-state index < -0.39 is 0 Å². The van der Waals surface area contributed by atoms with Crippen LogP contribution in [-0.2, 0) is 4.74 Å². The fourth-order valence-corrected chi connectivity index (χ4v) is 2.94. The highest BCUT2D eigenvalue weighted by molar-refractivity contribution is 5.96.